The summed E-state index contributed by atoms with van der Waals surface area (Å²) >= 11 is 5.75. The van der Waals surface area contributed by atoms with Crippen molar-refractivity contribution in [3.05, 3.63) is 35.0 Å². The summed E-state index contributed by atoms with van der Waals surface area (Å²) in [5.74, 6) is -1.82. The van der Waals surface area contributed by atoms with E-state index in [0.717, 1.165) is 0 Å². The predicted molar refractivity (Wildman–Crippen MR) is 52.6 cm³/mol. The van der Waals surface area contributed by atoms with Gasteiger partial charge >= 0.3 is 5.97 Å². The van der Waals surface area contributed by atoms with E-state index in [0.29, 0.717) is 16.0 Å². The second-order valence-corrected chi connectivity index (χ2v) is 3.16. The van der Waals surface area contributed by atoms with E-state index in [1.807, 2.05) is 0 Å². The molecular weight excluding hydrogens is 204 g/mol. The number of fused-ring (bicyclic) bond motifs is 1. The molecule has 0 fully saturated rings. The van der Waals surface area contributed by atoms with Gasteiger partial charge in [0.1, 0.15) is 17.7 Å². The van der Waals surface area contributed by atoms with Crippen molar-refractivity contribution in [2.24, 2.45) is 0 Å². The Morgan fingerprint density at radius 2 is 2.36 bits per heavy atom. The van der Waals surface area contributed by atoms with Gasteiger partial charge in [0, 0.05) is 13.2 Å². The molecule has 3 nitrogen and oxygen atoms in total. The monoisotopic (exact) mass is 212 g/mol. The number of carbonyl (C=O) groups is 1. The van der Waals surface area contributed by atoms with Crippen molar-refractivity contribution < 1.29 is 17.1 Å². The molecule has 2 aromatic rings. The Kier molecular flexibility index (Phi) is 1.65. The first-order valence-electron chi connectivity index (χ1n) is 4.84. The maximum atomic E-state index is 10.7. The lowest BCUT2D eigenvalue weighted by Crippen LogP contribution is -1.97. The zero-order valence-electron chi connectivity index (χ0n) is 8.95. The van der Waals surface area contributed by atoms with E-state index >= 15 is 0 Å². The Bertz CT molecular complexity index is 562. The topological polar surface area (TPSA) is 50.4 Å². The standard InChI is InChI=1S/C10H7ClO3/c11-7-1-2-9-6(3-7)4-8(14-9)5-10(12)13/h1-4H,5H2,(H,12,13)/i5D2. The molecule has 1 N–H and O–H groups in total. The average Bonchev–Trinajstić information content (AvgIpc) is 2.60. The van der Waals surface area contributed by atoms with Crippen LogP contribution in [-0.2, 0) is 11.2 Å². The number of carboxylic acid groups (broad SMARTS) is 1. The fourth-order valence-corrected chi connectivity index (χ4v) is 1.36. The molecule has 4 heteroatoms. The average molecular weight is 213 g/mol. The zero-order valence-corrected chi connectivity index (χ0v) is 7.71. The Hall–Kier alpha value is -1.48. The van der Waals surface area contributed by atoms with Gasteiger partial charge in [-0.3, -0.25) is 4.79 Å². The van der Waals surface area contributed by atoms with E-state index in [9.17, 15) is 4.79 Å². The summed E-state index contributed by atoms with van der Waals surface area (Å²) in [5.41, 5.74) is 0.407. The van der Waals surface area contributed by atoms with Gasteiger partial charge in [-0.05, 0) is 24.3 Å². The minimum atomic E-state index is -2.54. The van der Waals surface area contributed by atoms with Gasteiger partial charge in [-0.1, -0.05) is 11.6 Å². The summed E-state index contributed by atoms with van der Waals surface area (Å²) in [6.07, 6.45) is -2.54. The van der Waals surface area contributed by atoms with Crippen molar-refractivity contribution in [3.63, 3.8) is 0 Å². The van der Waals surface area contributed by atoms with Crippen molar-refractivity contribution in [1.29, 1.82) is 0 Å². The lowest BCUT2D eigenvalue weighted by atomic mass is 10.2. The maximum Gasteiger partial charge on any atom is 0.311 e. The van der Waals surface area contributed by atoms with Crippen LogP contribution in [0.3, 0.4) is 0 Å². The first-order valence-corrected chi connectivity index (χ1v) is 4.22. The molecule has 0 saturated heterocycles. The van der Waals surface area contributed by atoms with Crippen LogP contribution in [0.5, 0.6) is 0 Å². The molecule has 0 atom stereocenters. The predicted octanol–water partition coefficient (Wildman–Crippen LogP) is 2.71. The van der Waals surface area contributed by atoms with Crippen molar-refractivity contribution in [2.45, 2.75) is 6.37 Å². The van der Waals surface area contributed by atoms with Crippen LogP contribution >= 0.6 is 11.6 Å². The van der Waals surface area contributed by atoms with Gasteiger partial charge in [0.2, 0.25) is 0 Å². The second kappa shape index (κ2) is 3.35. The number of halogens is 1. The zero-order chi connectivity index (χ0) is 11.9. The van der Waals surface area contributed by atoms with Crippen LogP contribution in [0.2, 0.25) is 5.02 Å². The third-order valence-corrected chi connectivity index (χ3v) is 1.94. The molecule has 0 saturated carbocycles. The van der Waals surface area contributed by atoms with Crippen LogP contribution in [-0.4, -0.2) is 11.1 Å². The van der Waals surface area contributed by atoms with Crippen LogP contribution in [0.25, 0.3) is 11.0 Å². The van der Waals surface area contributed by atoms with E-state index in [1.165, 1.54) is 6.07 Å². The molecule has 0 unspecified atom stereocenters. The summed E-state index contributed by atoms with van der Waals surface area (Å²) in [7, 11) is 0. The van der Waals surface area contributed by atoms with E-state index in [-0.39, 0.29) is 5.76 Å². The van der Waals surface area contributed by atoms with E-state index in [4.69, 9.17) is 23.9 Å². The molecule has 0 aliphatic heterocycles. The van der Waals surface area contributed by atoms with Crippen molar-refractivity contribution in [1.82, 2.24) is 0 Å². The SMILES string of the molecule is [2H]C([2H])(C(=O)O)c1cc2cc(Cl)ccc2o1. The molecule has 14 heavy (non-hydrogen) atoms. The molecule has 1 heterocycles. The molecule has 0 bridgehead atoms. The van der Waals surface area contributed by atoms with Crippen molar-refractivity contribution in [2.75, 3.05) is 0 Å². The number of hydrogen-bond acceptors (Lipinski definition) is 2. The van der Waals surface area contributed by atoms with Gasteiger partial charge in [-0.15, -0.1) is 0 Å². The summed E-state index contributed by atoms with van der Waals surface area (Å²) in [6, 6.07) is 6.09. The number of hydrogen-bond donors (Lipinski definition) is 1. The molecule has 0 aliphatic carbocycles. The molecule has 0 spiro atoms. The Balaban J connectivity index is 2.59. The maximum absolute atomic E-state index is 10.7. The molecule has 2 rings (SSSR count). The molecule has 0 amide bonds. The highest BCUT2D eigenvalue weighted by Gasteiger charge is 2.07. The van der Waals surface area contributed by atoms with Crippen LogP contribution < -0.4 is 0 Å². The lowest BCUT2D eigenvalue weighted by molar-refractivity contribution is -0.136. The number of aliphatic carboxylic acids is 1. The van der Waals surface area contributed by atoms with Gasteiger partial charge in [0.15, 0.2) is 0 Å². The third-order valence-electron chi connectivity index (χ3n) is 1.71. The summed E-state index contributed by atoms with van der Waals surface area (Å²) in [6.45, 7) is 0. The Labute approximate surface area is 87.7 Å². The van der Waals surface area contributed by atoms with E-state index < -0.39 is 12.3 Å². The highest BCUT2D eigenvalue weighted by molar-refractivity contribution is 6.31. The molecule has 0 aliphatic rings. The largest absolute Gasteiger partial charge is 0.481 e. The molecule has 1 aromatic heterocycles. The number of carboxylic acids is 1. The van der Waals surface area contributed by atoms with Crippen LogP contribution in [0.4, 0.5) is 0 Å². The molecular formula is C10H7ClO3. The first kappa shape index (κ1) is 6.90. The fraction of sp³-hybridized carbons (Fsp3) is 0.100. The molecule has 72 valence electrons. The minimum Gasteiger partial charge on any atom is -0.481 e. The summed E-state index contributed by atoms with van der Waals surface area (Å²) in [5, 5.41) is 9.77. The van der Waals surface area contributed by atoms with Crippen LogP contribution in [0, 0.1) is 0 Å². The lowest BCUT2D eigenvalue weighted by Gasteiger charge is -1.88. The normalized spacial score (nSPS) is 13.8. The quantitative estimate of drug-likeness (QED) is 0.833. The Morgan fingerprint density at radius 3 is 3.07 bits per heavy atom. The van der Waals surface area contributed by atoms with Crippen molar-refractivity contribution >= 4 is 28.5 Å². The highest BCUT2D eigenvalue weighted by atomic mass is 35.5. The highest BCUT2D eigenvalue weighted by Crippen LogP contribution is 2.23. The first-order chi connectivity index (χ1) is 7.41. The van der Waals surface area contributed by atoms with E-state index in [1.54, 1.807) is 18.2 Å². The number of benzene rings is 1. The van der Waals surface area contributed by atoms with Gasteiger partial charge < -0.3 is 9.52 Å². The van der Waals surface area contributed by atoms with Crippen LogP contribution in [0.15, 0.2) is 28.7 Å². The second-order valence-electron chi connectivity index (χ2n) is 2.72. The van der Waals surface area contributed by atoms with Crippen LogP contribution in [0.1, 0.15) is 8.50 Å². The number of furan rings is 1. The molecule has 0 radical (unpaired) electrons. The molecule has 1 aromatic carbocycles. The number of rotatable bonds is 2. The third kappa shape index (κ3) is 1.72. The van der Waals surface area contributed by atoms with Gasteiger partial charge in [0.05, 0.1) is 0 Å². The van der Waals surface area contributed by atoms with Crippen molar-refractivity contribution in [3.8, 4) is 0 Å². The Morgan fingerprint density at radius 1 is 1.57 bits per heavy atom. The van der Waals surface area contributed by atoms with Gasteiger partial charge in [-0.25, -0.2) is 0 Å². The summed E-state index contributed by atoms with van der Waals surface area (Å²) < 4.78 is 19.8. The summed E-state index contributed by atoms with van der Waals surface area (Å²) in [4.78, 5) is 10.7. The fourth-order valence-electron chi connectivity index (χ4n) is 1.18. The smallest absolute Gasteiger partial charge is 0.311 e. The minimum absolute atomic E-state index is 0.239. The van der Waals surface area contributed by atoms with E-state index in [2.05, 4.69) is 0 Å². The van der Waals surface area contributed by atoms with Gasteiger partial charge in [0.25, 0.3) is 0 Å². The van der Waals surface area contributed by atoms with Gasteiger partial charge in [-0.2, -0.15) is 0 Å².